The quantitative estimate of drug-likeness (QED) is 0.446. The SMILES string of the molecule is C=C(OC(C)=O)C(=O)OC1C[C@H](C)CC[C@H]1C(C)C. The molecule has 4 heteroatoms. The van der Waals surface area contributed by atoms with Crippen molar-refractivity contribution in [2.24, 2.45) is 17.8 Å². The second kappa shape index (κ2) is 6.73. The van der Waals surface area contributed by atoms with E-state index in [1.54, 1.807) is 0 Å². The molecular weight excluding hydrogens is 244 g/mol. The maximum atomic E-state index is 11.8. The number of carbonyl (C=O) groups excluding carboxylic acids is 2. The second-order valence-electron chi connectivity index (χ2n) is 5.79. The van der Waals surface area contributed by atoms with Gasteiger partial charge < -0.3 is 9.47 Å². The van der Waals surface area contributed by atoms with Crippen molar-refractivity contribution >= 4 is 11.9 Å². The van der Waals surface area contributed by atoms with Gasteiger partial charge >= 0.3 is 11.9 Å². The van der Waals surface area contributed by atoms with Gasteiger partial charge in [0.25, 0.3) is 0 Å². The predicted molar refractivity (Wildman–Crippen MR) is 72.1 cm³/mol. The smallest absolute Gasteiger partial charge is 0.374 e. The molecule has 3 atom stereocenters. The summed E-state index contributed by atoms with van der Waals surface area (Å²) in [4.78, 5) is 22.6. The molecule has 0 spiro atoms. The molecule has 0 saturated heterocycles. The van der Waals surface area contributed by atoms with Crippen molar-refractivity contribution in [3.8, 4) is 0 Å². The van der Waals surface area contributed by atoms with Crippen LogP contribution in [0.15, 0.2) is 12.3 Å². The predicted octanol–water partition coefficient (Wildman–Crippen LogP) is 3.07. The van der Waals surface area contributed by atoms with Crippen LogP contribution in [0.5, 0.6) is 0 Å². The van der Waals surface area contributed by atoms with Crippen LogP contribution >= 0.6 is 0 Å². The lowest BCUT2D eigenvalue weighted by Crippen LogP contribution is -2.36. The van der Waals surface area contributed by atoms with Crippen LogP contribution in [0.3, 0.4) is 0 Å². The third-order valence-corrected chi connectivity index (χ3v) is 3.71. The van der Waals surface area contributed by atoms with Crippen LogP contribution in [0.25, 0.3) is 0 Å². The Labute approximate surface area is 115 Å². The Bertz CT molecular complexity index is 359. The van der Waals surface area contributed by atoms with Crippen LogP contribution in [-0.2, 0) is 19.1 Å². The zero-order valence-corrected chi connectivity index (χ0v) is 12.3. The van der Waals surface area contributed by atoms with Gasteiger partial charge in [-0.3, -0.25) is 4.79 Å². The van der Waals surface area contributed by atoms with E-state index in [-0.39, 0.29) is 11.9 Å². The molecule has 0 bridgehead atoms. The normalized spacial score (nSPS) is 26.9. The van der Waals surface area contributed by atoms with E-state index in [0.717, 1.165) is 12.8 Å². The fourth-order valence-electron chi connectivity index (χ4n) is 2.67. The zero-order valence-electron chi connectivity index (χ0n) is 12.3. The molecule has 0 amide bonds. The first-order valence-corrected chi connectivity index (χ1v) is 6.89. The summed E-state index contributed by atoms with van der Waals surface area (Å²) in [7, 11) is 0. The monoisotopic (exact) mass is 268 g/mol. The number of carbonyl (C=O) groups is 2. The minimum atomic E-state index is -0.625. The Hall–Kier alpha value is -1.32. The average molecular weight is 268 g/mol. The first-order chi connectivity index (χ1) is 8.81. The van der Waals surface area contributed by atoms with Gasteiger partial charge in [0.15, 0.2) is 0 Å². The summed E-state index contributed by atoms with van der Waals surface area (Å²) in [5, 5.41) is 0. The number of rotatable bonds is 4. The van der Waals surface area contributed by atoms with Crippen LogP contribution in [0, 0.1) is 17.8 Å². The Morgan fingerprint density at radius 1 is 1.26 bits per heavy atom. The van der Waals surface area contributed by atoms with Gasteiger partial charge in [0.2, 0.25) is 5.76 Å². The van der Waals surface area contributed by atoms with E-state index < -0.39 is 11.9 Å². The van der Waals surface area contributed by atoms with Crippen molar-refractivity contribution in [2.45, 2.75) is 53.1 Å². The first kappa shape index (κ1) is 15.7. The molecule has 1 aliphatic carbocycles. The van der Waals surface area contributed by atoms with Crippen molar-refractivity contribution in [3.05, 3.63) is 12.3 Å². The minimum absolute atomic E-state index is 0.108. The van der Waals surface area contributed by atoms with Gasteiger partial charge in [-0.2, -0.15) is 0 Å². The highest BCUT2D eigenvalue weighted by Crippen LogP contribution is 2.35. The summed E-state index contributed by atoms with van der Waals surface area (Å²) in [6.07, 6.45) is 2.99. The molecule has 0 aromatic rings. The molecule has 4 nitrogen and oxygen atoms in total. The van der Waals surface area contributed by atoms with Gasteiger partial charge in [-0.15, -0.1) is 0 Å². The molecule has 0 radical (unpaired) electrons. The van der Waals surface area contributed by atoms with E-state index in [1.807, 2.05) is 0 Å². The molecule has 0 aliphatic heterocycles. The molecule has 1 unspecified atom stereocenters. The average Bonchev–Trinajstić information content (AvgIpc) is 2.27. The topological polar surface area (TPSA) is 52.6 Å². The highest BCUT2D eigenvalue weighted by Gasteiger charge is 2.34. The highest BCUT2D eigenvalue weighted by atomic mass is 16.6. The van der Waals surface area contributed by atoms with Gasteiger partial charge in [0.05, 0.1) is 0 Å². The molecule has 1 aliphatic rings. The van der Waals surface area contributed by atoms with Crippen LogP contribution < -0.4 is 0 Å². The van der Waals surface area contributed by atoms with E-state index in [0.29, 0.717) is 17.8 Å². The van der Waals surface area contributed by atoms with E-state index in [2.05, 4.69) is 32.1 Å². The van der Waals surface area contributed by atoms with Crippen LogP contribution in [0.2, 0.25) is 0 Å². The minimum Gasteiger partial charge on any atom is -0.456 e. The molecule has 1 rings (SSSR count). The maximum absolute atomic E-state index is 11.8. The molecule has 0 heterocycles. The summed E-state index contributed by atoms with van der Waals surface area (Å²) >= 11 is 0. The van der Waals surface area contributed by atoms with E-state index >= 15 is 0 Å². The van der Waals surface area contributed by atoms with Gasteiger partial charge in [0, 0.05) is 6.92 Å². The molecular formula is C15H24O4. The molecule has 1 fully saturated rings. The third kappa shape index (κ3) is 4.69. The Morgan fingerprint density at radius 2 is 1.89 bits per heavy atom. The van der Waals surface area contributed by atoms with Crippen LogP contribution in [0.4, 0.5) is 0 Å². The molecule has 0 aromatic heterocycles. The van der Waals surface area contributed by atoms with E-state index in [1.165, 1.54) is 13.3 Å². The number of ether oxygens (including phenoxy) is 2. The third-order valence-electron chi connectivity index (χ3n) is 3.71. The Kier molecular flexibility index (Phi) is 5.58. The number of hydrogen-bond donors (Lipinski definition) is 0. The fraction of sp³-hybridized carbons (Fsp3) is 0.733. The molecule has 0 aromatic carbocycles. The number of hydrogen-bond acceptors (Lipinski definition) is 4. The lowest BCUT2D eigenvalue weighted by atomic mass is 9.75. The van der Waals surface area contributed by atoms with Crippen LogP contribution in [0.1, 0.15) is 47.0 Å². The second-order valence-corrected chi connectivity index (χ2v) is 5.79. The summed E-state index contributed by atoms with van der Waals surface area (Å²) < 4.78 is 10.2. The highest BCUT2D eigenvalue weighted by molar-refractivity contribution is 5.88. The summed E-state index contributed by atoms with van der Waals surface area (Å²) in [5.41, 5.74) is 0. The summed E-state index contributed by atoms with van der Waals surface area (Å²) in [6, 6.07) is 0. The lowest BCUT2D eigenvalue weighted by Gasteiger charge is -2.36. The zero-order chi connectivity index (χ0) is 14.6. The number of esters is 2. The Balaban J connectivity index is 2.63. The van der Waals surface area contributed by atoms with Gasteiger partial charge in [-0.05, 0) is 37.2 Å². The van der Waals surface area contributed by atoms with E-state index in [4.69, 9.17) is 4.74 Å². The Morgan fingerprint density at radius 3 is 2.42 bits per heavy atom. The first-order valence-electron chi connectivity index (χ1n) is 6.89. The summed E-state index contributed by atoms with van der Waals surface area (Å²) in [6.45, 7) is 11.1. The molecule has 0 N–H and O–H groups in total. The van der Waals surface area contributed by atoms with Crippen molar-refractivity contribution in [1.82, 2.24) is 0 Å². The lowest BCUT2D eigenvalue weighted by molar-refractivity contribution is -0.159. The van der Waals surface area contributed by atoms with Crippen LogP contribution in [-0.4, -0.2) is 18.0 Å². The molecule has 108 valence electrons. The van der Waals surface area contributed by atoms with Crippen molar-refractivity contribution in [3.63, 3.8) is 0 Å². The van der Waals surface area contributed by atoms with Crippen molar-refractivity contribution in [1.29, 1.82) is 0 Å². The van der Waals surface area contributed by atoms with Crippen molar-refractivity contribution < 1.29 is 19.1 Å². The maximum Gasteiger partial charge on any atom is 0.374 e. The largest absolute Gasteiger partial charge is 0.456 e. The van der Waals surface area contributed by atoms with Gasteiger partial charge in [0.1, 0.15) is 6.10 Å². The van der Waals surface area contributed by atoms with Gasteiger partial charge in [-0.1, -0.05) is 27.2 Å². The fourth-order valence-corrected chi connectivity index (χ4v) is 2.67. The van der Waals surface area contributed by atoms with E-state index in [9.17, 15) is 9.59 Å². The summed E-state index contributed by atoms with van der Waals surface area (Å²) in [5.74, 6) is -0.0279. The molecule has 1 saturated carbocycles. The van der Waals surface area contributed by atoms with Gasteiger partial charge in [-0.25, -0.2) is 4.79 Å². The standard InChI is InChI=1S/C15H24O4/c1-9(2)13-7-6-10(3)8-14(13)19-15(17)11(4)18-12(5)16/h9-10,13-14H,4,6-8H2,1-3,5H3/t10-,13+,14?/m1/s1. The van der Waals surface area contributed by atoms with Crippen molar-refractivity contribution in [2.75, 3.05) is 0 Å². The molecule has 19 heavy (non-hydrogen) atoms.